The zero-order valence-electron chi connectivity index (χ0n) is 22.2. The fraction of sp³-hybridized carbons (Fsp3) is 0.188. The van der Waals surface area contributed by atoms with Crippen molar-refractivity contribution < 1.29 is 14.3 Å². The quantitative estimate of drug-likeness (QED) is 0.244. The number of primary amides is 1. The first-order valence-corrected chi connectivity index (χ1v) is 14.2. The number of carbonyl (C=O) groups excluding carboxylic acids is 2. The number of benzene rings is 3. The standard InChI is InChI=1S/C32H30N4O3S/c1-35-27-14-16-40-29(27)18-28(35)32(38)34-26-9-3-6-23-8-4-15-36(30(23)26)19-21-10-12-25(13-11-21)39-20-22-5-2-7-24(17-22)31(33)37/h2-3,5-7,9-14,16-18H,4,8,15,19-20H2,1H3,(H2,33,37)(H,34,38). The van der Waals surface area contributed by atoms with Crippen molar-refractivity contribution in [1.29, 1.82) is 0 Å². The molecule has 0 radical (unpaired) electrons. The van der Waals surface area contributed by atoms with Crippen LogP contribution in [0.3, 0.4) is 0 Å². The highest BCUT2D eigenvalue weighted by atomic mass is 32.1. The maximum Gasteiger partial charge on any atom is 0.272 e. The molecule has 3 heterocycles. The smallest absolute Gasteiger partial charge is 0.272 e. The summed E-state index contributed by atoms with van der Waals surface area (Å²) in [5.41, 5.74) is 12.8. The van der Waals surface area contributed by atoms with Crippen LogP contribution in [-0.4, -0.2) is 22.9 Å². The van der Waals surface area contributed by atoms with Gasteiger partial charge in [0.15, 0.2) is 0 Å². The van der Waals surface area contributed by atoms with Gasteiger partial charge in [0.05, 0.1) is 21.6 Å². The Balaban J connectivity index is 1.16. The van der Waals surface area contributed by atoms with Crippen molar-refractivity contribution >= 4 is 44.7 Å². The highest BCUT2D eigenvalue weighted by Gasteiger charge is 2.23. The second-order valence-electron chi connectivity index (χ2n) is 10.0. The van der Waals surface area contributed by atoms with Crippen LogP contribution < -0.4 is 20.7 Å². The number of nitrogens with zero attached hydrogens (tertiary/aromatic N) is 2. The molecule has 0 spiro atoms. The van der Waals surface area contributed by atoms with Gasteiger partial charge in [-0.3, -0.25) is 9.59 Å². The van der Waals surface area contributed by atoms with E-state index in [1.165, 1.54) is 5.56 Å². The van der Waals surface area contributed by atoms with Gasteiger partial charge in [-0.05, 0) is 77.4 Å². The molecule has 5 aromatic rings. The number of hydrogen-bond donors (Lipinski definition) is 2. The van der Waals surface area contributed by atoms with Gasteiger partial charge in [0.25, 0.3) is 5.91 Å². The summed E-state index contributed by atoms with van der Waals surface area (Å²) in [6.45, 7) is 1.98. The number of aromatic nitrogens is 1. The molecule has 40 heavy (non-hydrogen) atoms. The molecule has 0 bridgehead atoms. The van der Waals surface area contributed by atoms with Crippen LogP contribution >= 0.6 is 11.3 Å². The van der Waals surface area contributed by atoms with Crippen molar-refractivity contribution in [2.75, 3.05) is 16.8 Å². The zero-order valence-corrected chi connectivity index (χ0v) is 23.0. The fourth-order valence-electron chi connectivity index (χ4n) is 5.34. The van der Waals surface area contributed by atoms with E-state index in [4.69, 9.17) is 10.5 Å². The van der Waals surface area contributed by atoms with E-state index in [1.54, 1.807) is 29.5 Å². The average molecular weight is 551 g/mol. The minimum absolute atomic E-state index is 0.104. The Kier molecular flexibility index (Phi) is 7.00. The first kappa shape index (κ1) is 25.7. The predicted molar refractivity (Wildman–Crippen MR) is 160 cm³/mol. The van der Waals surface area contributed by atoms with Gasteiger partial charge >= 0.3 is 0 Å². The predicted octanol–water partition coefficient (Wildman–Crippen LogP) is 6.12. The number of aryl methyl sites for hydroxylation is 2. The normalized spacial score (nSPS) is 12.8. The zero-order chi connectivity index (χ0) is 27.6. The van der Waals surface area contributed by atoms with Crippen molar-refractivity contribution in [1.82, 2.24) is 4.57 Å². The molecule has 3 N–H and O–H groups in total. The molecule has 0 saturated carbocycles. The summed E-state index contributed by atoms with van der Waals surface area (Å²) in [4.78, 5) is 27.1. The molecular formula is C32H30N4O3S. The molecule has 0 saturated heterocycles. The minimum atomic E-state index is -0.451. The molecule has 0 aliphatic carbocycles. The van der Waals surface area contributed by atoms with Gasteiger partial charge in [-0.1, -0.05) is 36.4 Å². The molecule has 0 fully saturated rings. The number of para-hydroxylation sites is 1. The highest BCUT2D eigenvalue weighted by molar-refractivity contribution is 7.17. The van der Waals surface area contributed by atoms with Gasteiger partial charge in [-0.15, -0.1) is 11.3 Å². The third-order valence-corrected chi connectivity index (χ3v) is 8.22. The molecule has 8 heteroatoms. The van der Waals surface area contributed by atoms with E-state index >= 15 is 0 Å². The number of carbonyl (C=O) groups is 2. The molecule has 2 amide bonds. The monoisotopic (exact) mass is 550 g/mol. The molecule has 3 aromatic carbocycles. The van der Waals surface area contributed by atoms with Gasteiger partial charge in [-0.2, -0.15) is 0 Å². The van der Waals surface area contributed by atoms with Crippen LogP contribution in [0.5, 0.6) is 5.75 Å². The van der Waals surface area contributed by atoms with Gasteiger partial charge < -0.3 is 25.3 Å². The Morgan fingerprint density at radius 1 is 1.00 bits per heavy atom. The Labute approximate surface area is 236 Å². The summed E-state index contributed by atoms with van der Waals surface area (Å²) in [5.74, 6) is 0.198. The number of hydrogen-bond acceptors (Lipinski definition) is 5. The van der Waals surface area contributed by atoms with Crippen molar-refractivity contribution in [3.63, 3.8) is 0 Å². The Hall–Kier alpha value is -4.56. The van der Waals surface area contributed by atoms with Crippen LogP contribution in [-0.2, 0) is 26.6 Å². The van der Waals surface area contributed by atoms with Gasteiger partial charge in [0, 0.05) is 25.7 Å². The minimum Gasteiger partial charge on any atom is -0.489 e. The summed E-state index contributed by atoms with van der Waals surface area (Å²) in [6.07, 6.45) is 2.04. The van der Waals surface area contributed by atoms with Crippen LogP contribution in [0.25, 0.3) is 10.2 Å². The SMILES string of the molecule is Cn1c(C(=O)Nc2cccc3c2N(Cc2ccc(OCc4cccc(C(N)=O)c4)cc2)CCC3)cc2sccc21. The van der Waals surface area contributed by atoms with E-state index in [0.717, 1.165) is 64.4 Å². The summed E-state index contributed by atoms with van der Waals surface area (Å²) < 4.78 is 9.00. The molecule has 0 unspecified atom stereocenters. The largest absolute Gasteiger partial charge is 0.489 e. The van der Waals surface area contributed by atoms with Gasteiger partial charge in [-0.25, -0.2) is 0 Å². The second-order valence-corrected chi connectivity index (χ2v) is 11.0. The maximum atomic E-state index is 13.3. The number of thiophene rings is 1. The van der Waals surface area contributed by atoms with Gasteiger partial charge in [0.2, 0.25) is 5.91 Å². The Morgan fingerprint density at radius 2 is 1.82 bits per heavy atom. The fourth-order valence-corrected chi connectivity index (χ4v) is 6.19. The number of rotatable bonds is 8. The lowest BCUT2D eigenvalue weighted by Gasteiger charge is -2.33. The van der Waals surface area contributed by atoms with Crippen molar-refractivity contribution in [2.24, 2.45) is 12.8 Å². The van der Waals surface area contributed by atoms with Crippen LogP contribution in [0.1, 0.15) is 44.0 Å². The van der Waals surface area contributed by atoms with E-state index in [1.807, 2.05) is 59.5 Å². The molecular weight excluding hydrogens is 520 g/mol. The number of anilines is 2. The molecule has 6 rings (SSSR count). The lowest BCUT2D eigenvalue weighted by atomic mass is 9.99. The highest BCUT2D eigenvalue weighted by Crippen LogP contribution is 2.36. The molecule has 0 atom stereocenters. The third-order valence-electron chi connectivity index (χ3n) is 7.37. The van der Waals surface area contributed by atoms with Crippen LogP contribution in [0.15, 0.2) is 84.2 Å². The van der Waals surface area contributed by atoms with E-state index in [2.05, 4.69) is 28.4 Å². The summed E-state index contributed by atoms with van der Waals surface area (Å²) in [6, 6.07) is 25.4. The number of fused-ring (bicyclic) bond motifs is 2. The first-order chi connectivity index (χ1) is 19.5. The molecule has 1 aliphatic rings. The molecule has 1 aliphatic heterocycles. The van der Waals surface area contributed by atoms with Crippen molar-refractivity contribution in [3.05, 3.63) is 112 Å². The number of amides is 2. The van der Waals surface area contributed by atoms with Crippen LogP contribution in [0.4, 0.5) is 11.4 Å². The molecule has 202 valence electrons. The summed E-state index contributed by atoms with van der Waals surface area (Å²) in [5, 5.41) is 5.24. The lowest BCUT2D eigenvalue weighted by Crippen LogP contribution is -2.30. The Morgan fingerprint density at radius 3 is 2.62 bits per heavy atom. The van der Waals surface area contributed by atoms with E-state index in [0.29, 0.717) is 17.9 Å². The summed E-state index contributed by atoms with van der Waals surface area (Å²) >= 11 is 1.64. The molecule has 2 aromatic heterocycles. The number of nitrogens with one attached hydrogen (secondary N) is 1. The van der Waals surface area contributed by atoms with Crippen molar-refractivity contribution in [3.8, 4) is 5.75 Å². The van der Waals surface area contributed by atoms with E-state index < -0.39 is 5.91 Å². The maximum absolute atomic E-state index is 13.3. The number of ether oxygens (including phenoxy) is 1. The molecule has 7 nitrogen and oxygen atoms in total. The van der Waals surface area contributed by atoms with E-state index in [-0.39, 0.29) is 5.91 Å². The first-order valence-electron chi connectivity index (χ1n) is 13.3. The Bertz CT molecular complexity index is 1700. The topological polar surface area (TPSA) is 89.6 Å². The van der Waals surface area contributed by atoms with Crippen LogP contribution in [0.2, 0.25) is 0 Å². The average Bonchev–Trinajstić information content (AvgIpc) is 3.56. The van der Waals surface area contributed by atoms with E-state index in [9.17, 15) is 9.59 Å². The van der Waals surface area contributed by atoms with Crippen LogP contribution in [0, 0.1) is 0 Å². The lowest BCUT2D eigenvalue weighted by molar-refractivity contribution is 0.0996. The third kappa shape index (κ3) is 5.18. The van der Waals surface area contributed by atoms with Crippen molar-refractivity contribution in [2.45, 2.75) is 26.0 Å². The second kappa shape index (κ2) is 10.9. The van der Waals surface area contributed by atoms with Gasteiger partial charge in [0.1, 0.15) is 18.1 Å². The summed E-state index contributed by atoms with van der Waals surface area (Å²) in [7, 11) is 1.93. The number of nitrogens with two attached hydrogens (primary N) is 1.